The number of aliphatic carboxylic acids is 1. The molecule has 1 heterocycles. The molecule has 3 atom stereocenters. The Hall–Kier alpha value is -1.30. The maximum absolute atomic E-state index is 11.5. The van der Waals surface area contributed by atoms with E-state index >= 15 is 0 Å². The van der Waals surface area contributed by atoms with Crippen molar-refractivity contribution < 1.29 is 14.7 Å². The maximum atomic E-state index is 11.5. The second-order valence-electron chi connectivity index (χ2n) is 4.73. The molecule has 0 aromatic heterocycles. The zero-order valence-corrected chi connectivity index (χ0v) is 10.6. The fraction of sp³-hybridized carbons (Fsp3) is 0.818. The van der Waals surface area contributed by atoms with E-state index in [1.165, 1.54) is 6.92 Å². The van der Waals surface area contributed by atoms with Gasteiger partial charge in [0, 0.05) is 18.6 Å². The molecule has 1 aliphatic heterocycles. The van der Waals surface area contributed by atoms with Crippen molar-refractivity contribution in [3.63, 3.8) is 0 Å². The highest BCUT2D eigenvalue weighted by atomic mass is 16.4. The number of nitrogens with one attached hydrogen (secondary N) is 2. The minimum atomic E-state index is -1.03. The van der Waals surface area contributed by atoms with Gasteiger partial charge in [-0.1, -0.05) is 0 Å². The molecule has 2 unspecified atom stereocenters. The van der Waals surface area contributed by atoms with Gasteiger partial charge in [-0.25, -0.2) is 4.79 Å². The van der Waals surface area contributed by atoms with E-state index in [0.717, 1.165) is 19.4 Å². The number of amides is 2. The van der Waals surface area contributed by atoms with Crippen molar-refractivity contribution in [3.8, 4) is 0 Å². The van der Waals surface area contributed by atoms with Gasteiger partial charge in [0.2, 0.25) is 0 Å². The Balaban J connectivity index is 2.34. The Morgan fingerprint density at radius 1 is 1.47 bits per heavy atom. The first-order valence-electron chi connectivity index (χ1n) is 5.90. The van der Waals surface area contributed by atoms with Crippen LogP contribution in [0.3, 0.4) is 0 Å². The lowest BCUT2D eigenvalue weighted by molar-refractivity contribution is -0.138. The molecule has 1 rings (SSSR count). The predicted molar refractivity (Wildman–Crippen MR) is 63.9 cm³/mol. The Morgan fingerprint density at radius 2 is 2.12 bits per heavy atom. The molecule has 1 aliphatic rings. The van der Waals surface area contributed by atoms with Crippen molar-refractivity contribution in [2.75, 3.05) is 13.6 Å². The van der Waals surface area contributed by atoms with Crippen LogP contribution in [0.1, 0.15) is 26.7 Å². The topological polar surface area (TPSA) is 81.7 Å². The summed E-state index contributed by atoms with van der Waals surface area (Å²) in [6.07, 6.45) is 1.79. The summed E-state index contributed by atoms with van der Waals surface area (Å²) < 4.78 is 0. The standard InChI is InChI=1S/C11H21N3O3/c1-7-6-9(4-5-14(7)3)13-11(17)12-8(2)10(15)16/h7-9H,4-6H2,1-3H3,(H,15,16)(H2,12,13,17)/t7?,8-,9?/m1/s1. The average molecular weight is 243 g/mol. The lowest BCUT2D eigenvalue weighted by Crippen LogP contribution is -2.52. The molecule has 98 valence electrons. The second kappa shape index (κ2) is 5.86. The van der Waals surface area contributed by atoms with Crippen LogP contribution in [-0.4, -0.2) is 53.7 Å². The third kappa shape index (κ3) is 4.22. The molecular formula is C11H21N3O3. The number of carbonyl (C=O) groups is 2. The quantitative estimate of drug-likeness (QED) is 0.663. The molecule has 6 nitrogen and oxygen atoms in total. The molecule has 0 spiro atoms. The van der Waals surface area contributed by atoms with Crippen LogP contribution in [0.2, 0.25) is 0 Å². The third-order valence-electron chi connectivity index (χ3n) is 3.26. The van der Waals surface area contributed by atoms with Crippen molar-refractivity contribution >= 4 is 12.0 Å². The lowest BCUT2D eigenvalue weighted by Gasteiger charge is -2.35. The minimum absolute atomic E-state index is 0.127. The van der Waals surface area contributed by atoms with Gasteiger partial charge in [0.05, 0.1) is 0 Å². The Bertz CT molecular complexity index is 296. The van der Waals surface area contributed by atoms with Crippen LogP contribution in [0.5, 0.6) is 0 Å². The smallest absolute Gasteiger partial charge is 0.325 e. The van der Waals surface area contributed by atoms with E-state index in [0.29, 0.717) is 6.04 Å². The van der Waals surface area contributed by atoms with E-state index in [-0.39, 0.29) is 6.04 Å². The van der Waals surface area contributed by atoms with Crippen LogP contribution in [0.25, 0.3) is 0 Å². The highest BCUT2D eigenvalue weighted by Gasteiger charge is 2.24. The summed E-state index contributed by atoms with van der Waals surface area (Å²) in [5.41, 5.74) is 0. The molecule has 0 radical (unpaired) electrons. The monoisotopic (exact) mass is 243 g/mol. The number of urea groups is 1. The van der Waals surface area contributed by atoms with E-state index in [9.17, 15) is 9.59 Å². The third-order valence-corrected chi connectivity index (χ3v) is 3.26. The van der Waals surface area contributed by atoms with Gasteiger partial charge in [-0.3, -0.25) is 4.79 Å². The van der Waals surface area contributed by atoms with E-state index in [1.807, 2.05) is 0 Å². The number of rotatable bonds is 3. The van der Waals surface area contributed by atoms with Gasteiger partial charge in [0.1, 0.15) is 6.04 Å². The summed E-state index contributed by atoms with van der Waals surface area (Å²) in [4.78, 5) is 24.3. The molecule has 3 N–H and O–H groups in total. The van der Waals surface area contributed by atoms with Gasteiger partial charge >= 0.3 is 12.0 Å². The SMILES string of the molecule is CC1CC(NC(=O)N[C@H](C)C(=O)O)CCN1C. The number of carbonyl (C=O) groups excluding carboxylic acids is 1. The minimum Gasteiger partial charge on any atom is -0.480 e. The first-order valence-corrected chi connectivity index (χ1v) is 5.90. The molecule has 6 heteroatoms. The van der Waals surface area contributed by atoms with Crippen LogP contribution in [0.4, 0.5) is 4.79 Å². The fourth-order valence-corrected chi connectivity index (χ4v) is 1.91. The molecule has 1 fully saturated rings. The highest BCUT2D eigenvalue weighted by Crippen LogP contribution is 2.14. The van der Waals surface area contributed by atoms with E-state index < -0.39 is 18.0 Å². The number of piperidine rings is 1. The number of hydrogen-bond acceptors (Lipinski definition) is 3. The number of nitrogens with zero attached hydrogens (tertiary/aromatic N) is 1. The summed E-state index contributed by atoms with van der Waals surface area (Å²) in [6.45, 7) is 4.51. The van der Waals surface area contributed by atoms with Crippen molar-refractivity contribution in [1.29, 1.82) is 0 Å². The molecule has 0 bridgehead atoms. The van der Waals surface area contributed by atoms with Crippen molar-refractivity contribution in [2.45, 2.75) is 44.8 Å². The van der Waals surface area contributed by atoms with Crippen molar-refractivity contribution in [2.24, 2.45) is 0 Å². The van der Waals surface area contributed by atoms with Crippen molar-refractivity contribution in [3.05, 3.63) is 0 Å². The Morgan fingerprint density at radius 3 is 2.65 bits per heavy atom. The normalized spacial score (nSPS) is 27.2. The summed E-state index contributed by atoms with van der Waals surface area (Å²) >= 11 is 0. The Labute approximate surface area is 101 Å². The molecule has 17 heavy (non-hydrogen) atoms. The van der Waals surface area contributed by atoms with E-state index in [1.54, 1.807) is 0 Å². The first kappa shape index (κ1) is 13.8. The lowest BCUT2D eigenvalue weighted by atomic mass is 9.99. The van der Waals surface area contributed by atoms with Crippen LogP contribution in [0.15, 0.2) is 0 Å². The van der Waals surface area contributed by atoms with E-state index in [4.69, 9.17) is 5.11 Å². The molecule has 0 aliphatic carbocycles. The van der Waals surface area contributed by atoms with Crippen LogP contribution in [-0.2, 0) is 4.79 Å². The Kier molecular flexibility index (Phi) is 4.74. The van der Waals surface area contributed by atoms with E-state index in [2.05, 4.69) is 29.5 Å². The summed E-state index contributed by atoms with van der Waals surface area (Å²) in [7, 11) is 2.06. The molecular weight excluding hydrogens is 222 g/mol. The largest absolute Gasteiger partial charge is 0.480 e. The number of carboxylic acids is 1. The van der Waals surface area contributed by atoms with Gasteiger partial charge in [-0.15, -0.1) is 0 Å². The van der Waals surface area contributed by atoms with Gasteiger partial charge in [0.25, 0.3) is 0 Å². The van der Waals surface area contributed by atoms with Gasteiger partial charge < -0.3 is 20.6 Å². The molecule has 2 amide bonds. The zero-order chi connectivity index (χ0) is 13.0. The number of carboxylic acid groups (broad SMARTS) is 1. The number of likely N-dealkylation sites (tertiary alicyclic amines) is 1. The van der Waals surface area contributed by atoms with Crippen LogP contribution < -0.4 is 10.6 Å². The predicted octanol–water partition coefficient (Wildman–Crippen LogP) is 0.241. The highest BCUT2D eigenvalue weighted by molar-refractivity contribution is 5.82. The number of hydrogen-bond donors (Lipinski definition) is 3. The second-order valence-corrected chi connectivity index (χ2v) is 4.73. The van der Waals surface area contributed by atoms with Gasteiger partial charge in [0.15, 0.2) is 0 Å². The molecule has 0 aromatic carbocycles. The fourth-order valence-electron chi connectivity index (χ4n) is 1.91. The van der Waals surface area contributed by atoms with Crippen LogP contribution >= 0.6 is 0 Å². The van der Waals surface area contributed by atoms with Crippen LogP contribution in [0, 0.1) is 0 Å². The summed E-state index contributed by atoms with van der Waals surface area (Å²) in [6, 6.07) is -0.700. The molecule has 0 aromatic rings. The maximum Gasteiger partial charge on any atom is 0.325 e. The van der Waals surface area contributed by atoms with Crippen molar-refractivity contribution in [1.82, 2.24) is 15.5 Å². The molecule has 0 saturated carbocycles. The average Bonchev–Trinajstić information content (AvgIpc) is 2.23. The summed E-state index contributed by atoms with van der Waals surface area (Å²) in [5.74, 6) is -1.03. The molecule has 1 saturated heterocycles. The van der Waals surface area contributed by atoms with Gasteiger partial charge in [-0.2, -0.15) is 0 Å². The zero-order valence-electron chi connectivity index (χ0n) is 10.6. The first-order chi connectivity index (χ1) is 7.90. The van der Waals surface area contributed by atoms with Gasteiger partial charge in [-0.05, 0) is 33.7 Å². The summed E-state index contributed by atoms with van der Waals surface area (Å²) in [5, 5.41) is 13.9.